The van der Waals surface area contributed by atoms with Gasteiger partial charge in [-0.1, -0.05) is 12.5 Å². The molecule has 1 aliphatic rings. The van der Waals surface area contributed by atoms with E-state index in [1.165, 1.54) is 6.20 Å². The molecule has 0 aliphatic carbocycles. The number of carbonyl (C=O) groups is 1. The summed E-state index contributed by atoms with van der Waals surface area (Å²) in [5.41, 5.74) is 0.803. The second-order valence-corrected chi connectivity index (χ2v) is 3.23. The number of hydrogen-bond donors (Lipinski definition) is 0. The lowest BCUT2D eigenvalue weighted by molar-refractivity contribution is -0.182. The zero-order valence-corrected chi connectivity index (χ0v) is 7.35. The minimum atomic E-state index is -4.76. The molecule has 0 fully saturated rings. The average Bonchev–Trinajstić information content (AvgIpc) is 2.29. The predicted molar refractivity (Wildman–Crippen MR) is 40.7 cm³/mol. The van der Waals surface area contributed by atoms with Gasteiger partial charge < -0.3 is 4.90 Å². The predicted octanol–water partition coefficient (Wildman–Crippen LogP) is 1.93. The van der Waals surface area contributed by atoms with Gasteiger partial charge in [0.05, 0.1) is 0 Å². The normalized spacial score (nSPS) is 23.3. The van der Waals surface area contributed by atoms with E-state index in [1.807, 2.05) is 0 Å². The number of rotatable bonds is 0. The van der Waals surface area contributed by atoms with E-state index in [2.05, 4.69) is 0 Å². The molecule has 5 heteroatoms. The number of halogens is 3. The highest BCUT2D eigenvalue weighted by Gasteiger charge is 2.43. The zero-order chi connectivity index (χ0) is 10.2. The third-order valence-corrected chi connectivity index (χ3v) is 2.11. The quantitative estimate of drug-likeness (QED) is 0.575. The summed E-state index contributed by atoms with van der Waals surface area (Å²) in [4.78, 5) is 11.4. The van der Waals surface area contributed by atoms with E-state index in [9.17, 15) is 18.0 Å². The fourth-order valence-corrected chi connectivity index (χ4v) is 1.17. The summed E-state index contributed by atoms with van der Waals surface area (Å²) in [6.07, 6.45) is -3.50. The van der Waals surface area contributed by atoms with Crippen molar-refractivity contribution < 1.29 is 18.0 Å². The van der Waals surface area contributed by atoms with Gasteiger partial charge in [-0.2, -0.15) is 13.2 Å². The van der Waals surface area contributed by atoms with Crippen LogP contribution in [0.4, 0.5) is 13.2 Å². The summed E-state index contributed by atoms with van der Waals surface area (Å²) in [5, 5.41) is 0. The Labute approximate surface area is 74.0 Å². The maximum atomic E-state index is 11.9. The number of alkyl halides is 3. The van der Waals surface area contributed by atoms with Gasteiger partial charge in [-0.3, -0.25) is 4.79 Å². The van der Waals surface area contributed by atoms with Crippen LogP contribution in [0, 0.1) is 5.92 Å². The first-order valence-electron chi connectivity index (χ1n) is 3.88. The van der Waals surface area contributed by atoms with Crippen LogP contribution in [-0.4, -0.2) is 23.5 Å². The Bertz CT molecular complexity index is 257. The van der Waals surface area contributed by atoms with Gasteiger partial charge in [-0.25, -0.2) is 0 Å². The summed E-state index contributed by atoms with van der Waals surface area (Å²) in [6, 6.07) is 0. The van der Waals surface area contributed by atoms with Crippen LogP contribution >= 0.6 is 0 Å². The van der Waals surface area contributed by atoms with Crippen LogP contribution in [0.5, 0.6) is 0 Å². The highest BCUT2D eigenvalue weighted by molar-refractivity contribution is 5.83. The summed E-state index contributed by atoms with van der Waals surface area (Å²) in [5.74, 6) is -1.76. The van der Waals surface area contributed by atoms with Crippen molar-refractivity contribution in [3.63, 3.8) is 0 Å². The molecule has 0 N–H and O–H groups in total. The van der Waals surface area contributed by atoms with Gasteiger partial charge in [0, 0.05) is 12.7 Å². The Balaban J connectivity index is 2.73. The minimum Gasteiger partial charge on any atom is -0.311 e. The van der Waals surface area contributed by atoms with Gasteiger partial charge in [0.15, 0.2) is 0 Å². The first kappa shape index (κ1) is 10.1. The van der Waals surface area contributed by atoms with E-state index in [0.717, 1.165) is 10.5 Å². The number of hydrogen-bond acceptors (Lipinski definition) is 1. The molecule has 1 aliphatic heterocycles. The van der Waals surface area contributed by atoms with Crippen LogP contribution in [0.2, 0.25) is 0 Å². The van der Waals surface area contributed by atoms with Crippen molar-refractivity contribution in [2.24, 2.45) is 5.92 Å². The minimum absolute atomic E-state index is 0.0197. The van der Waals surface area contributed by atoms with Crippen molar-refractivity contribution in [3.8, 4) is 0 Å². The molecule has 0 aromatic heterocycles. The van der Waals surface area contributed by atoms with Crippen molar-refractivity contribution in [3.05, 3.63) is 11.8 Å². The van der Waals surface area contributed by atoms with Crippen LogP contribution in [0.1, 0.15) is 13.8 Å². The molecule has 1 amide bonds. The van der Waals surface area contributed by atoms with Crippen LogP contribution in [0.25, 0.3) is 0 Å². The maximum Gasteiger partial charge on any atom is 0.471 e. The van der Waals surface area contributed by atoms with E-state index >= 15 is 0 Å². The van der Waals surface area contributed by atoms with Gasteiger partial charge in [-0.15, -0.1) is 0 Å². The van der Waals surface area contributed by atoms with Crippen LogP contribution < -0.4 is 0 Å². The molecule has 13 heavy (non-hydrogen) atoms. The van der Waals surface area contributed by atoms with Crippen LogP contribution in [0.3, 0.4) is 0 Å². The average molecular weight is 193 g/mol. The van der Waals surface area contributed by atoms with Crippen molar-refractivity contribution in [2.45, 2.75) is 20.0 Å². The second kappa shape index (κ2) is 3.05. The molecule has 2 nitrogen and oxygen atoms in total. The van der Waals surface area contributed by atoms with E-state index in [4.69, 9.17) is 0 Å². The fraction of sp³-hybridized carbons (Fsp3) is 0.625. The smallest absolute Gasteiger partial charge is 0.311 e. The van der Waals surface area contributed by atoms with Gasteiger partial charge in [0.25, 0.3) is 0 Å². The molecule has 0 radical (unpaired) electrons. The molecule has 1 unspecified atom stereocenters. The third-order valence-electron chi connectivity index (χ3n) is 2.11. The Morgan fingerprint density at radius 3 is 2.46 bits per heavy atom. The first-order valence-corrected chi connectivity index (χ1v) is 3.88. The van der Waals surface area contributed by atoms with Crippen molar-refractivity contribution in [1.82, 2.24) is 4.90 Å². The monoisotopic (exact) mass is 193 g/mol. The van der Waals surface area contributed by atoms with Crippen LogP contribution in [-0.2, 0) is 4.79 Å². The van der Waals surface area contributed by atoms with Gasteiger partial charge >= 0.3 is 12.1 Å². The molecule has 0 spiro atoms. The summed E-state index contributed by atoms with van der Waals surface area (Å²) in [6.45, 7) is 3.63. The third kappa shape index (κ3) is 2.02. The van der Waals surface area contributed by atoms with Crippen molar-refractivity contribution >= 4 is 5.91 Å². The van der Waals surface area contributed by atoms with E-state index in [-0.39, 0.29) is 12.5 Å². The molecule has 74 valence electrons. The number of amides is 1. The largest absolute Gasteiger partial charge is 0.471 e. The van der Waals surface area contributed by atoms with E-state index in [0.29, 0.717) is 0 Å². The van der Waals surface area contributed by atoms with Crippen molar-refractivity contribution in [1.29, 1.82) is 0 Å². The Morgan fingerprint density at radius 2 is 2.15 bits per heavy atom. The highest BCUT2D eigenvalue weighted by Crippen LogP contribution is 2.26. The summed E-state index contributed by atoms with van der Waals surface area (Å²) < 4.78 is 35.8. The lowest BCUT2D eigenvalue weighted by Crippen LogP contribution is -2.37. The van der Waals surface area contributed by atoms with Gasteiger partial charge in [0.1, 0.15) is 0 Å². The molecule has 0 aromatic carbocycles. The number of carbonyl (C=O) groups excluding carboxylic acids is 1. The molecule has 0 saturated heterocycles. The summed E-state index contributed by atoms with van der Waals surface area (Å²) >= 11 is 0. The second-order valence-electron chi connectivity index (χ2n) is 3.23. The standard InChI is InChI=1S/C8H10F3NO/c1-5-3-12(4-6(5)2)7(13)8(9,10)11/h3,6H,4H2,1-2H3. The molecular weight excluding hydrogens is 183 g/mol. The zero-order valence-electron chi connectivity index (χ0n) is 7.35. The van der Waals surface area contributed by atoms with Crippen molar-refractivity contribution in [2.75, 3.05) is 6.54 Å². The Hall–Kier alpha value is -1.00. The number of nitrogens with zero attached hydrogens (tertiary/aromatic N) is 1. The lowest BCUT2D eigenvalue weighted by Gasteiger charge is -2.15. The topological polar surface area (TPSA) is 20.3 Å². The molecule has 1 atom stereocenters. The molecule has 0 aromatic rings. The molecule has 0 bridgehead atoms. The van der Waals surface area contributed by atoms with E-state index < -0.39 is 12.1 Å². The molecular formula is C8H10F3NO. The Kier molecular flexibility index (Phi) is 2.36. The fourth-order valence-electron chi connectivity index (χ4n) is 1.17. The van der Waals surface area contributed by atoms with Crippen LogP contribution in [0.15, 0.2) is 11.8 Å². The maximum absolute atomic E-state index is 11.9. The SMILES string of the molecule is CC1=CN(C(=O)C(F)(F)F)CC1C. The lowest BCUT2D eigenvalue weighted by atomic mass is 10.1. The van der Waals surface area contributed by atoms with Gasteiger partial charge in [-0.05, 0) is 12.8 Å². The summed E-state index contributed by atoms with van der Waals surface area (Å²) in [7, 11) is 0. The van der Waals surface area contributed by atoms with Gasteiger partial charge in [0.2, 0.25) is 0 Å². The molecule has 0 saturated carbocycles. The Morgan fingerprint density at radius 1 is 1.62 bits per heavy atom. The van der Waals surface area contributed by atoms with E-state index in [1.54, 1.807) is 13.8 Å². The molecule has 1 heterocycles. The molecule has 1 rings (SSSR count). The highest BCUT2D eigenvalue weighted by atomic mass is 19.4. The first-order chi connectivity index (χ1) is 5.82.